The molecule has 1 aromatic carbocycles. The van der Waals surface area contributed by atoms with Crippen LogP contribution in [0.4, 0.5) is 16.0 Å². The number of hydrogen-bond donors (Lipinski definition) is 2. The Morgan fingerprint density at radius 1 is 1.32 bits per heavy atom. The molecule has 0 bridgehead atoms. The number of nitrogens with zero attached hydrogens (tertiary/aromatic N) is 5. The first-order valence-electron chi connectivity index (χ1n) is 10.4. The van der Waals surface area contributed by atoms with Gasteiger partial charge in [-0.05, 0) is 49.9 Å². The van der Waals surface area contributed by atoms with Crippen molar-refractivity contribution in [2.24, 2.45) is 0 Å². The molecule has 2 aromatic heterocycles. The number of hydrogen-bond acceptors (Lipinski definition) is 6. The smallest absolute Gasteiger partial charge is 0.227 e. The van der Waals surface area contributed by atoms with E-state index in [9.17, 15) is 14.3 Å². The van der Waals surface area contributed by atoms with Gasteiger partial charge >= 0.3 is 0 Å². The molecule has 162 valence electrons. The van der Waals surface area contributed by atoms with Gasteiger partial charge in [0.25, 0.3) is 0 Å². The number of likely N-dealkylation sites (tertiary alicyclic amines) is 1. The first-order valence-corrected chi connectivity index (χ1v) is 10.4. The van der Waals surface area contributed by atoms with E-state index in [0.29, 0.717) is 29.3 Å². The Morgan fingerprint density at radius 2 is 2.16 bits per heavy atom. The molecule has 8 nitrogen and oxygen atoms in total. The summed E-state index contributed by atoms with van der Waals surface area (Å²) in [6.07, 6.45) is 8.47. The van der Waals surface area contributed by atoms with Crippen molar-refractivity contribution in [3.05, 3.63) is 48.2 Å². The lowest BCUT2D eigenvalue weighted by molar-refractivity contribution is -0.137. The van der Waals surface area contributed by atoms with Crippen molar-refractivity contribution in [3.8, 4) is 17.0 Å². The molecular weight excluding hydrogens is 399 g/mol. The van der Waals surface area contributed by atoms with Crippen molar-refractivity contribution in [2.75, 3.05) is 11.9 Å². The van der Waals surface area contributed by atoms with Gasteiger partial charge in [0, 0.05) is 24.7 Å². The second-order valence-electron chi connectivity index (χ2n) is 7.64. The number of piperidine rings is 1. The second-order valence-corrected chi connectivity index (χ2v) is 7.64. The van der Waals surface area contributed by atoms with Crippen molar-refractivity contribution in [3.63, 3.8) is 0 Å². The number of anilines is 2. The van der Waals surface area contributed by atoms with E-state index in [1.54, 1.807) is 23.1 Å². The summed E-state index contributed by atoms with van der Waals surface area (Å²) in [4.78, 5) is 23.0. The molecule has 4 rings (SSSR count). The van der Waals surface area contributed by atoms with Gasteiger partial charge in [0.2, 0.25) is 11.9 Å². The normalized spacial score (nSPS) is 16.4. The lowest BCUT2D eigenvalue weighted by atomic mass is 10.1. The molecule has 1 aliphatic rings. The number of phenols is 1. The van der Waals surface area contributed by atoms with Crippen LogP contribution in [0.15, 0.2) is 36.8 Å². The van der Waals surface area contributed by atoms with Gasteiger partial charge < -0.3 is 15.3 Å². The van der Waals surface area contributed by atoms with Crippen LogP contribution in [0.3, 0.4) is 0 Å². The molecule has 1 saturated heterocycles. The molecule has 31 heavy (non-hydrogen) atoms. The Hall–Kier alpha value is -3.49. The molecule has 1 unspecified atom stereocenters. The fourth-order valence-corrected chi connectivity index (χ4v) is 3.83. The van der Waals surface area contributed by atoms with Gasteiger partial charge in [-0.1, -0.05) is 6.92 Å². The summed E-state index contributed by atoms with van der Waals surface area (Å²) in [6, 6.07) is 4.16. The Balaban J connectivity index is 1.56. The Morgan fingerprint density at radius 3 is 2.94 bits per heavy atom. The Labute approximate surface area is 179 Å². The summed E-state index contributed by atoms with van der Waals surface area (Å²) in [7, 11) is 0. The fourth-order valence-electron chi connectivity index (χ4n) is 3.83. The molecule has 9 heteroatoms. The van der Waals surface area contributed by atoms with Crippen molar-refractivity contribution in [1.29, 1.82) is 0 Å². The predicted octanol–water partition coefficient (Wildman–Crippen LogP) is 4.16. The maximum Gasteiger partial charge on any atom is 0.227 e. The van der Waals surface area contributed by atoms with Crippen LogP contribution in [0.5, 0.6) is 5.75 Å². The highest BCUT2D eigenvalue weighted by Crippen LogP contribution is 2.29. The lowest BCUT2D eigenvalue weighted by Crippen LogP contribution is -2.41. The van der Waals surface area contributed by atoms with E-state index in [0.717, 1.165) is 31.4 Å². The molecule has 1 aliphatic heterocycles. The highest BCUT2D eigenvalue weighted by molar-refractivity contribution is 5.76. The van der Waals surface area contributed by atoms with Crippen LogP contribution < -0.4 is 5.32 Å². The average molecular weight is 424 g/mol. The monoisotopic (exact) mass is 424 g/mol. The number of phenolic OH excluding ortho intramolecular Hbond substituents is 1. The van der Waals surface area contributed by atoms with Gasteiger partial charge in [0.15, 0.2) is 11.6 Å². The van der Waals surface area contributed by atoms with Crippen molar-refractivity contribution in [2.45, 2.75) is 45.7 Å². The van der Waals surface area contributed by atoms with E-state index in [2.05, 4.69) is 20.4 Å². The Kier molecular flexibility index (Phi) is 5.83. The number of benzene rings is 1. The van der Waals surface area contributed by atoms with Crippen molar-refractivity contribution >= 4 is 17.5 Å². The Bertz CT molecular complexity index is 1100. The van der Waals surface area contributed by atoms with Crippen LogP contribution in [0, 0.1) is 12.7 Å². The van der Waals surface area contributed by atoms with Crippen molar-refractivity contribution in [1.82, 2.24) is 24.6 Å². The minimum Gasteiger partial charge on any atom is -0.505 e. The zero-order chi connectivity index (χ0) is 22.0. The highest BCUT2D eigenvalue weighted by Gasteiger charge is 2.27. The zero-order valence-electron chi connectivity index (χ0n) is 17.5. The molecular formula is C22H25FN6O2. The first kappa shape index (κ1) is 20.8. The third kappa shape index (κ3) is 4.35. The summed E-state index contributed by atoms with van der Waals surface area (Å²) in [5.74, 6) is -0.634. The average Bonchev–Trinajstić information content (AvgIpc) is 3.25. The van der Waals surface area contributed by atoms with Gasteiger partial charge in [-0.3, -0.25) is 4.79 Å². The third-order valence-corrected chi connectivity index (χ3v) is 5.45. The van der Waals surface area contributed by atoms with Crippen molar-refractivity contribution < 1.29 is 14.3 Å². The summed E-state index contributed by atoms with van der Waals surface area (Å²) < 4.78 is 15.6. The van der Waals surface area contributed by atoms with Gasteiger partial charge in [-0.2, -0.15) is 5.10 Å². The molecule has 0 saturated carbocycles. The molecule has 1 fully saturated rings. The molecule has 1 amide bonds. The van der Waals surface area contributed by atoms with Gasteiger partial charge in [-0.15, -0.1) is 0 Å². The van der Waals surface area contributed by atoms with Crippen LogP contribution >= 0.6 is 0 Å². The standard InChI is InChI=1S/C22H25FN6O2/c1-3-20(31)28-9-5-4-6-19(28)29-13-16(12-25-29)26-22-24-11-14(2)21(27-22)15-7-8-18(30)17(23)10-15/h7-8,10-13,19,30H,3-6,9H2,1-2H3,(H,24,26,27). The number of carbonyl (C=O) groups is 1. The third-order valence-electron chi connectivity index (χ3n) is 5.45. The van der Waals surface area contributed by atoms with E-state index in [1.165, 1.54) is 12.1 Å². The number of nitrogens with one attached hydrogen (secondary N) is 1. The molecule has 0 radical (unpaired) electrons. The van der Waals surface area contributed by atoms with Gasteiger partial charge in [0.1, 0.15) is 6.17 Å². The number of aromatic hydroxyl groups is 1. The van der Waals surface area contributed by atoms with Crippen LogP contribution in [-0.2, 0) is 4.79 Å². The zero-order valence-corrected chi connectivity index (χ0v) is 17.5. The SMILES string of the molecule is CCC(=O)N1CCCCC1n1cc(Nc2ncc(C)c(-c3ccc(O)c(F)c3)n2)cn1. The predicted molar refractivity (Wildman–Crippen MR) is 114 cm³/mol. The molecule has 0 spiro atoms. The summed E-state index contributed by atoms with van der Waals surface area (Å²) in [5.41, 5.74) is 2.59. The van der Waals surface area contributed by atoms with Crippen LogP contribution in [0.1, 0.15) is 44.3 Å². The molecule has 2 N–H and O–H groups in total. The van der Waals surface area contributed by atoms with E-state index in [1.807, 2.05) is 24.9 Å². The second kappa shape index (κ2) is 8.71. The molecule has 3 heterocycles. The molecule has 3 aromatic rings. The largest absolute Gasteiger partial charge is 0.505 e. The maximum atomic E-state index is 13.8. The van der Waals surface area contributed by atoms with E-state index in [4.69, 9.17) is 0 Å². The number of aryl methyl sites for hydroxylation is 1. The van der Waals surface area contributed by atoms with Crippen LogP contribution in [0.25, 0.3) is 11.3 Å². The summed E-state index contributed by atoms with van der Waals surface area (Å²) in [6.45, 7) is 4.45. The first-order chi connectivity index (χ1) is 15.0. The number of carbonyl (C=O) groups excluding carboxylic acids is 1. The quantitative estimate of drug-likeness (QED) is 0.639. The van der Waals surface area contributed by atoms with Gasteiger partial charge in [-0.25, -0.2) is 19.0 Å². The van der Waals surface area contributed by atoms with Crippen LogP contribution in [-0.4, -0.2) is 42.2 Å². The number of aromatic nitrogens is 4. The topological polar surface area (TPSA) is 96.2 Å². The van der Waals surface area contributed by atoms with E-state index in [-0.39, 0.29) is 12.1 Å². The number of rotatable bonds is 5. The summed E-state index contributed by atoms with van der Waals surface area (Å²) >= 11 is 0. The summed E-state index contributed by atoms with van der Waals surface area (Å²) in [5, 5.41) is 17.0. The van der Waals surface area contributed by atoms with Crippen LogP contribution in [0.2, 0.25) is 0 Å². The van der Waals surface area contributed by atoms with E-state index < -0.39 is 11.6 Å². The molecule has 0 aliphatic carbocycles. The fraction of sp³-hybridized carbons (Fsp3) is 0.364. The maximum absolute atomic E-state index is 13.8. The highest BCUT2D eigenvalue weighted by atomic mass is 19.1. The lowest BCUT2D eigenvalue weighted by Gasteiger charge is -2.35. The molecule has 1 atom stereocenters. The number of halogens is 1. The van der Waals surface area contributed by atoms with E-state index >= 15 is 0 Å². The number of amides is 1. The van der Waals surface area contributed by atoms with Gasteiger partial charge in [0.05, 0.1) is 23.8 Å². The minimum atomic E-state index is -0.704. The minimum absolute atomic E-state index is 0.0915.